The minimum absolute atomic E-state index is 0.169. The van der Waals surface area contributed by atoms with Crippen LogP contribution in [-0.4, -0.2) is 29.0 Å². The van der Waals surface area contributed by atoms with Gasteiger partial charge in [-0.05, 0) is 13.0 Å². The molecule has 0 bridgehead atoms. The number of rotatable bonds is 6. The average molecular weight is 325 g/mol. The largest absolute Gasteiger partial charge is 0.370 e. The van der Waals surface area contributed by atoms with Crippen molar-refractivity contribution in [2.45, 2.75) is 19.8 Å². The highest BCUT2D eigenvalue weighted by Gasteiger charge is 2.14. The van der Waals surface area contributed by atoms with Gasteiger partial charge in [0.2, 0.25) is 0 Å². The third kappa shape index (κ3) is 4.15. The fourth-order valence-corrected chi connectivity index (χ4v) is 2.68. The molecule has 1 amide bonds. The second kappa shape index (κ2) is 7.38. The monoisotopic (exact) mass is 324 g/mol. The van der Waals surface area contributed by atoms with Crippen molar-refractivity contribution in [1.29, 1.82) is 0 Å². The van der Waals surface area contributed by atoms with E-state index in [1.54, 1.807) is 23.6 Å². The molecule has 0 fully saturated rings. The number of pyridine rings is 1. The topological polar surface area (TPSA) is 66.9 Å². The quantitative estimate of drug-likeness (QED) is 0.856. The van der Waals surface area contributed by atoms with Crippen LogP contribution in [0.15, 0.2) is 23.8 Å². The minimum Gasteiger partial charge on any atom is -0.370 e. The van der Waals surface area contributed by atoms with Crippen LogP contribution in [0.1, 0.15) is 35.1 Å². The van der Waals surface area contributed by atoms with Crippen LogP contribution in [0.5, 0.6) is 0 Å². The first kappa shape index (κ1) is 15.7. The van der Waals surface area contributed by atoms with E-state index < -0.39 is 0 Å². The zero-order chi connectivity index (χ0) is 15.2. The van der Waals surface area contributed by atoms with Crippen molar-refractivity contribution < 1.29 is 4.79 Å². The lowest BCUT2D eigenvalue weighted by molar-refractivity contribution is 0.0951. The number of carbonyl (C=O) groups is 1. The summed E-state index contributed by atoms with van der Waals surface area (Å²) >= 11 is 7.63. The van der Waals surface area contributed by atoms with E-state index >= 15 is 0 Å². The average Bonchev–Trinajstić information content (AvgIpc) is 3.01. The highest BCUT2D eigenvalue weighted by molar-refractivity contribution is 7.09. The maximum atomic E-state index is 12.2. The van der Waals surface area contributed by atoms with Crippen molar-refractivity contribution in [3.8, 4) is 0 Å². The third-order valence-corrected chi connectivity index (χ3v) is 4.21. The van der Waals surface area contributed by atoms with Crippen LogP contribution in [0, 0.1) is 0 Å². The van der Waals surface area contributed by atoms with E-state index in [9.17, 15) is 4.79 Å². The molecule has 0 aliphatic rings. The molecule has 0 radical (unpaired) electrons. The van der Waals surface area contributed by atoms with Crippen molar-refractivity contribution in [3.05, 3.63) is 39.4 Å². The molecule has 2 rings (SSSR count). The number of thiazole rings is 1. The standard InChI is InChI=1S/C14H17ClN4OS/c1-3-16-12-6-10(11(15)8-18-12)13(20)19-7-9(2)14-17-4-5-21-14/h4-6,8-9H,3,7H2,1-2H3,(H,16,18)(H,19,20). The molecule has 2 heterocycles. The summed E-state index contributed by atoms with van der Waals surface area (Å²) in [5.74, 6) is 0.604. The maximum Gasteiger partial charge on any atom is 0.253 e. The summed E-state index contributed by atoms with van der Waals surface area (Å²) in [4.78, 5) is 20.6. The molecule has 0 aromatic carbocycles. The molecule has 7 heteroatoms. The van der Waals surface area contributed by atoms with Gasteiger partial charge in [-0.25, -0.2) is 9.97 Å². The summed E-state index contributed by atoms with van der Waals surface area (Å²) in [5.41, 5.74) is 0.425. The lowest BCUT2D eigenvalue weighted by atomic mass is 10.2. The fourth-order valence-electron chi connectivity index (χ4n) is 1.80. The number of amides is 1. The van der Waals surface area contributed by atoms with Crippen molar-refractivity contribution in [1.82, 2.24) is 15.3 Å². The van der Waals surface area contributed by atoms with Crippen LogP contribution >= 0.6 is 22.9 Å². The molecule has 112 valence electrons. The van der Waals surface area contributed by atoms with Gasteiger partial charge in [0.15, 0.2) is 0 Å². The van der Waals surface area contributed by atoms with Crippen LogP contribution in [0.2, 0.25) is 5.02 Å². The van der Waals surface area contributed by atoms with E-state index in [1.807, 2.05) is 19.2 Å². The zero-order valence-corrected chi connectivity index (χ0v) is 13.5. The molecular weight excluding hydrogens is 308 g/mol. The van der Waals surface area contributed by atoms with Crippen LogP contribution in [0.25, 0.3) is 0 Å². The summed E-state index contributed by atoms with van der Waals surface area (Å²) in [7, 11) is 0. The van der Waals surface area contributed by atoms with E-state index in [0.717, 1.165) is 11.6 Å². The summed E-state index contributed by atoms with van der Waals surface area (Å²) in [5, 5.41) is 9.22. The Morgan fingerprint density at radius 2 is 2.29 bits per heavy atom. The normalized spacial score (nSPS) is 12.0. The van der Waals surface area contributed by atoms with Gasteiger partial charge in [0.1, 0.15) is 5.82 Å². The fraction of sp³-hybridized carbons (Fsp3) is 0.357. The SMILES string of the molecule is CCNc1cc(C(=O)NCC(C)c2nccs2)c(Cl)cn1. The second-order valence-electron chi connectivity index (χ2n) is 4.56. The van der Waals surface area contributed by atoms with Crippen LogP contribution in [0.3, 0.4) is 0 Å². The van der Waals surface area contributed by atoms with E-state index in [-0.39, 0.29) is 11.8 Å². The van der Waals surface area contributed by atoms with E-state index in [4.69, 9.17) is 11.6 Å². The molecule has 1 atom stereocenters. The van der Waals surface area contributed by atoms with Gasteiger partial charge in [0.25, 0.3) is 5.91 Å². The second-order valence-corrected chi connectivity index (χ2v) is 5.89. The number of nitrogens with one attached hydrogen (secondary N) is 2. The van der Waals surface area contributed by atoms with Gasteiger partial charge in [0, 0.05) is 36.8 Å². The molecule has 0 aliphatic carbocycles. The zero-order valence-electron chi connectivity index (χ0n) is 11.9. The molecule has 2 aromatic rings. The van der Waals surface area contributed by atoms with Gasteiger partial charge in [-0.1, -0.05) is 18.5 Å². The minimum atomic E-state index is -0.204. The molecule has 21 heavy (non-hydrogen) atoms. The summed E-state index contributed by atoms with van der Waals surface area (Å²) in [6.07, 6.45) is 3.25. The number of anilines is 1. The molecular formula is C14H17ClN4OS. The molecule has 5 nitrogen and oxygen atoms in total. The molecule has 0 saturated heterocycles. The van der Waals surface area contributed by atoms with Crippen LogP contribution in [-0.2, 0) is 0 Å². The third-order valence-electron chi connectivity index (χ3n) is 2.90. The number of nitrogens with zero attached hydrogens (tertiary/aromatic N) is 2. The van der Waals surface area contributed by atoms with Crippen molar-refractivity contribution >= 4 is 34.7 Å². The molecule has 0 saturated carbocycles. The number of aromatic nitrogens is 2. The van der Waals surface area contributed by atoms with Crippen LogP contribution < -0.4 is 10.6 Å². The Morgan fingerprint density at radius 3 is 2.95 bits per heavy atom. The predicted octanol–water partition coefficient (Wildman–Crippen LogP) is 3.16. The first-order valence-electron chi connectivity index (χ1n) is 6.68. The van der Waals surface area contributed by atoms with Crippen molar-refractivity contribution in [3.63, 3.8) is 0 Å². The molecule has 1 unspecified atom stereocenters. The first-order chi connectivity index (χ1) is 10.1. The number of halogens is 1. The molecule has 2 N–H and O–H groups in total. The maximum absolute atomic E-state index is 12.2. The van der Waals surface area contributed by atoms with Gasteiger partial charge in [0.05, 0.1) is 15.6 Å². The first-order valence-corrected chi connectivity index (χ1v) is 7.94. The Morgan fingerprint density at radius 1 is 1.48 bits per heavy atom. The molecule has 0 spiro atoms. The number of hydrogen-bond donors (Lipinski definition) is 2. The highest BCUT2D eigenvalue weighted by Crippen LogP contribution is 2.19. The number of hydrogen-bond acceptors (Lipinski definition) is 5. The Labute approximate surface area is 132 Å². The lowest BCUT2D eigenvalue weighted by Crippen LogP contribution is -2.28. The Balaban J connectivity index is 2.01. The Kier molecular flexibility index (Phi) is 5.52. The molecule has 0 aliphatic heterocycles. The van der Waals surface area contributed by atoms with Gasteiger partial charge >= 0.3 is 0 Å². The van der Waals surface area contributed by atoms with Crippen LogP contribution in [0.4, 0.5) is 5.82 Å². The predicted molar refractivity (Wildman–Crippen MR) is 86.3 cm³/mol. The van der Waals surface area contributed by atoms with Gasteiger partial charge in [-0.15, -0.1) is 11.3 Å². The van der Waals surface area contributed by atoms with Gasteiger partial charge in [-0.3, -0.25) is 4.79 Å². The highest BCUT2D eigenvalue weighted by atomic mass is 35.5. The summed E-state index contributed by atoms with van der Waals surface area (Å²) in [6.45, 7) is 5.24. The van der Waals surface area contributed by atoms with E-state index in [2.05, 4.69) is 20.6 Å². The Bertz CT molecular complexity index is 603. The van der Waals surface area contributed by atoms with E-state index in [1.165, 1.54) is 6.20 Å². The summed E-state index contributed by atoms with van der Waals surface area (Å²) < 4.78 is 0. The summed E-state index contributed by atoms with van der Waals surface area (Å²) in [6, 6.07) is 1.66. The number of carbonyl (C=O) groups excluding carboxylic acids is 1. The smallest absolute Gasteiger partial charge is 0.253 e. The van der Waals surface area contributed by atoms with Crippen molar-refractivity contribution in [2.24, 2.45) is 0 Å². The Hall–Kier alpha value is -1.66. The van der Waals surface area contributed by atoms with Gasteiger partial charge < -0.3 is 10.6 Å². The molecule has 2 aromatic heterocycles. The van der Waals surface area contributed by atoms with Crippen molar-refractivity contribution in [2.75, 3.05) is 18.4 Å². The lowest BCUT2D eigenvalue weighted by Gasteiger charge is -2.12. The van der Waals surface area contributed by atoms with Gasteiger partial charge in [-0.2, -0.15) is 0 Å². The van der Waals surface area contributed by atoms with E-state index in [0.29, 0.717) is 22.9 Å².